The second-order valence-corrected chi connectivity index (χ2v) is 5.42. The first-order chi connectivity index (χ1) is 9.51. The van der Waals surface area contributed by atoms with E-state index in [0.717, 1.165) is 18.5 Å². The summed E-state index contributed by atoms with van der Waals surface area (Å²) in [5.41, 5.74) is 1.63. The molecule has 1 aromatic rings. The molecular weight excluding hydrogens is 251 g/mol. The van der Waals surface area contributed by atoms with E-state index in [0.29, 0.717) is 12.2 Å². The Kier molecular flexibility index (Phi) is 6.73. The zero-order valence-electron chi connectivity index (χ0n) is 13.1. The van der Waals surface area contributed by atoms with Gasteiger partial charge in [-0.25, -0.2) is 4.39 Å². The Hall–Kier alpha value is -1.35. The molecule has 1 N–H and O–H groups in total. The lowest BCUT2D eigenvalue weighted by Gasteiger charge is -2.28. The van der Waals surface area contributed by atoms with Gasteiger partial charge in [-0.1, -0.05) is 19.1 Å². The molecule has 1 unspecified atom stereocenters. The lowest BCUT2D eigenvalue weighted by atomic mass is 10.1. The van der Waals surface area contributed by atoms with Crippen molar-refractivity contribution >= 4 is 5.69 Å². The number of benzene rings is 1. The first-order valence-corrected chi connectivity index (χ1v) is 7.41. The Morgan fingerprint density at radius 1 is 1.35 bits per heavy atom. The van der Waals surface area contributed by atoms with Crippen LogP contribution in [0.3, 0.4) is 0 Å². The van der Waals surface area contributed by atoms with Crippen LogP contribution < -0.4 is 10.2 Å². The third kappa shape index (κ3) is 4.34. The Labute approximate surface area is 122 Å². The van der Waals surface area contributed by atoms with Crippen LogP contribution in [0.5, 0.6) is 0 Å². The zero-order chi connectivity index (χ0) is 15.1. The lowest BCUT2D eigenvalue weighted by molar-refractivity contribution is 0.560. The van der Waals surface area contributed by atoms with Crippen molar-refractivity contribution < 1.29 is 4.39 Å². The molecule has 0 fully saturated rings. The molecule has 0 spiro atoms. The molecule has 0 aromatic heterocycles. The molecule has 0 saturated heterocycles. The quantitative estimate of drug-likeness (QED) is 0.714. The van der Waals surface area contributed by atoms with Crippen LogP contribution >= 0.6 is 0 Å². The highest BCUT2D eigenvalue weighted by molar-refractivity contribution is 5.50. The molecule has 2 nitrogen and oxygen atoms in total. The molecule has 0 heterocycles. The highest BCUT2D eigenvalue weighted by atomic mass is 19.1. The number of rotatable bonds is 8. The Balaban J connectivity index is 2.94. The van der Waals surface area contributed by atoms with Gasteiger partial charge in [0.2, 0.25) is 0 Å². The van der Waals surface area contributed by atoms with Gasteiger partial charge in [0.1, 0.15) is 5.82 Å². The summed E-state index contributed by atoms with van der Waals surface area (Å²) in [6, 6.07) is 5.93. The van der Waals surface area contributed by atoms with Crippen molar-refractivity contribution in [2.24, 2.45) is 0 Å². The molecule has 0 aliphatic rings. The van der Waals surface area contributed by atoms with Gasteiger partial charge in [0.15, 0.2) is 0 Å². The summed E-state index contributed by atoms with van der Waals surface area (Å²) in [7, 11) is 0. The van der Waals surface area contributed by atoms with E-state index in [1.165, 1.54) is 0 Å². The highest BCUT2D eigenvalue weighted by Gasteiger charge is 2.15. The summed E-state index contributed by atoms with van der Waals surface area (Å²) in [4.78, 5) is 2.01. The molecule has 1 rings (SSSR count). The first kappa shape index (κ1) is 16.7. The van der Waals surface area contributed by atoms with E-state index in [-0.39, 0.29) is 17.9 Å². The fourth-order valence-corrected chi connectivity index (χ4v) is 2.23. The molecule has 0 bridgehead atoms. The first-order valence-electron chi connectivity index (χ1n) is 7.41. The molecule has 0 aliphatic heterocycles. The number of nitrogens with zero attached hydrogens (tertiary/aromatic N) is 1. The summed E-state index contributed by atoms with van der Waals surface area (Å²) in [6.07, 6.45) is 2.88. The van der Waals surface area contributed by atoms with Crippen LogP contribution in [-0.4, -0.2) is 19.1 Å². The molecular formula is C17H27FN2. The van der Waals surface area contributed by atoms with Crippen molar-refractivity contribution in [2.45, 2.75) is 46.2 Å². The van der Waals surface area contributed by atoms with Crippen LogP contribution in [0.2, 0.25) is 0 Å². The fourth-order valence-electron chi connectivity index (χ4n) is 2.23. The molecule has 20 heavy (non-hydrogen) atoms. The molecule has 112 valence electrons. The maximum atomic E-state index is 14.4. The van der Waals surface area contributed by atoms with Crippen LogP contribution in [0.4, 0.5) is 10.1 Å². The van der Waals surface area contributed by atoms with Gasteiger partial charge in [0.05, 0.1) is 5.69 Å². The van der Waals surface area contributed by atoms with Crippen molar-refractivity contribution in [2.75, 3.05) is 18.0 Å². The van der Waals surface area contributed by atoms with E-state index in [1.54, 1.807) is 12.1 Å². The summed E-state index contributed by atoms with van der Waals surface area (Å²) in [5, 5.41) is 3.38. The molecule has 0 amide bonds. The van der Waals surface area contributed by atoms with Gasteiger partial charge in [0, 0.05) is 18.6 Å². The predicted octanol–water partition coefficient (Wildman–Crippen LogP) is 4.29. The van der Waals surface area contributed by atoms with E-state index < -0.39 is 0 Å². The maximum absolute atomic E-state index is 14.4. The Morgan fingerprint density at radius 3 is 2.55 bits per heavy atom. The average molecular weight is 278 g/mol. The Bertz CT molecular complexity index is 429. The molecule has 1 aromatic carbocycles. The minimum atomic E-state index is -0.164. The molecule has 0 saturated carbocycles. The molecule has 0 aliphatic carbocycles. The summed E-state index contributed by atoms with van der Waals surface area (Å²) in [5.74, 6) is -0.164. The van der Waals surface area contributed by atoms with Crippen LogP contribution in [0, 0.1) is 5.82 Å². The van der Waals surface area contributed by atoms with Gasteiger partial charge < -0.3 is 10.2 Å². The minimum absolute atomic E-state index is 0.164. The van der Waals surface area contributed by atoms with E-state index >= 15 is 0 Å². The van der Waals surface area contributed by atoms with E-state index in [9.17, 15) is 4.39 Å². The van der Waals surface area contributed by atoms with Gasteiger partial charge in [-0.3, -0.25) is 0 Å². The monoisotopic (exact) mass is 278 g/mol. The van der Waals surface area contributed by atoms with Crippen LogP contribution in [0.25, 0.3) is 0 Å². The number of hydrogen-bond acceptors (Lipinski definition) is 2. The standard InChI is InChI=1S/C17H27FN2/c1-6-10-19-14(5)15-8-9-17(16(18)12-15)20(11-7-2)13(3)4/h7-9,12-14,19H,2,6,10-11H2,1,3-5H3. The lowest BCUT2D eigenvalue weighted by Crippen LogP contribution is -2.31. The molecule has 3 heteroatoms. The van der Waals surface area contributed by atoms with Crippen LogP contribution in [0.1, 0.15) is 45.7 Å². The predicted molar refractivity (Wildman–Crippen MR) is 85.8 cm³/mol. The van der Waals surface area contributed by atoms with E-state index in [4.69, 9.17) is 0 Å². The smallest absolute Gasteiger partial charge is 0.146 e. The van der Waals surface area contributed by atoms with Crippen molar-refractivity contribution in [3.8, 4) is 0 Å². The van der Waals surface area contributed by atoms with E-state index in [2.05, 4.69) is 39.6 Å². The molecule has 0 radical (unpaired) electrons. The van der Waals surface area contributed by atoms with Crippen molar-refractivity contribution in [3.63, 3.8) is 0 Å². The second-order valence-electron chi connectivity index (χ2n) is 5.42. The van der Waals surface area contributed by atoms with Crippen LogP contribution in [-0.2, 0) is 0 Å². The third-order valence-corrected chi connectivity index (χ3v) is 3.43. The fraction of sp³-hybridized carbons (Fsp3) is 0.529. The summed E-state index contributed by atoms with van der Waals surface area (Å²) < 4.78 is 14.4. The zero-order valence-corrected chi connectivity index (χ0v) is 13.1. The third-order valence-electron chi connectivity index (χ3n) is 3.43. The van der Waals surface area contributed by atoms with Gasteiger partial charge in [0.25, 0.3) is 0 Å². The number of nitrogens with one attached hydrogen (secondary N) is 1. The number of hydrogen-bond donors (Lipinski definition) is 1. The topological polar surface area (TPSA) is 15.3 Å². The average Bonchev–Trinajstić information content (AvgIpc) is 2.42. The number of halogens is 1. The van der Waals surface area contributed by atoms with Gasteiger partial charge in [-0.2, -0.15) is 0 Å². The Morgan fingerprint density at radius 2 is 2.05 bits per heavy atom. The summed E-state index contributed by atoms with van der Waals surface area (Å²) >= 11 is 0. The maximum Gasteiger partial charge on any atom is 0.146 e. The number of anilines is 1. The second kappa shape index (κ2) is 8.05. The van der Waals surface area contributed by atoms with Gasteiger partial charge >= 0.3 is 0 Å². The largest absolute Gasteiger partial charge is 0.363 e. The minimum Gasteiger partial charge on any atom is -0.363 e. The van der Waals surface area contributed by atoms with Crippen molar-refractivity contribution in [1.29, 1.82) is 0 Å². The summed E-state index contributed by atoms with van der Waals surface area (Å²) in [6.45, 7) is 13.6. The normalized spacial score (nSPS) is 12.5. The highest BCUT2D eigenvalue weighted by Crippen LogP contribution is 2.25. The van der Waals surface area contributed by atoms with Gasteiger partial charge in [-0.05, 0) is 51.4 Å². The van der Waals surface area contributed by atoms with Crippen molar-refractivity contribution in [3.05, 3.63) is 42.2 Å². The molecule has 1 atom stereocenters. The van der Waals surface area contributed by atoms with Crippen LogP contribution in [0.15, 0.2) is 30.9 Å². The van der Waals surface area contributed by atoms with Gasteiger partial charge in [-0.15, -0.1) is 6.58 Å². The SMILES string of the molecule is C=CCN(c1ccc(C(C)NCCC)cc1F)C(C)C. The van der Waals surface area contributed by atoms with E-state index in [1.807, 2.05) is 17.0 Å². The van der Waals surface area contributed by atoms with Crippen molar-refractivity contribution in [1.82, 2.24) is 5.32 Å².